The van der Waals surface area contributed by atoms with E-state index in [1.165, 1.54) is 12.1 Å². The van der Waals surface area contributed by atoms with Crippen molar-refractivity contribution < 1.29 is 4.39 Å². The van der Waals surface area contributed by atoms with E-state index in [-0.39, 0.29) is 5.82 Å². The first-order valence-electron chi connectivity index (χ1n) is 8.63. The van der Waals surface area contributed by atoms with Gasteiger partial charge < -0.3 is 14.8 Å². The first kappa shape index (κ1) is 20.6. The Balaban J connectivity index is 1.79. The summed E-state index contributed by atoms with van der Waals surface area (Å²) < 4.78 is 15.5. The molecule has 0 spiro atoms. The molecule has 0 radical (unpaired) electrons. The molecule has 8 heteroatoms. The fraction of sp³-hybridized carbons (Fsp3) is 0.200. The minimum absolute atomic E-state index is 0.327. The summed E-state index contributed by atoms with van der Waals surface area (Å²) in [5.74, 6) is -0.327. The SMILES string of the molecule is Cn1cncc1CCN(Cc1cccc(Cl)c1Cl)C(=S)Nc1cccc(F)c1. The van der Waals surface area contributed by atoms with Gasteiger partial charge in [0, 0.05) is 44.1 Å². The number of hydrogen-bond donors (Lipinski definition) is 1. The smallest absolute Gasteiger partial charge is 0.173 e. The fourth-order valence-electron chi connectivity index (χ4n) is 2.77. The van der Waals surface area contributed by atoms with Crippen molar-refractivity contribution in [2.75, 3.05) is 11.9 Å². The van der Waals surface area contributed by atoms with Gasteiger partial charge in [0.1, 0.15) is 5.82 Å². The second kappa shape index (κ2) is 9.37. The van der Waals surface area contributed by atoms with Gasteiger partial charge in [-0.2, -0.15) is 0 Å². The van der Waals surface area contributed by atoms with Gasteiger partial charge in [-0.1, -0.05) is 41.4 Å². The van der Waals surface area contributed by atoms with E-state index in [1.54, 1.807) is 24.5 Å². The minimum Gasteiger partial charge on any atom is -0.344 e. The predicted molar refractivity (Wildman–Crippen MR) is 116 cm³/mol. The lowest BCUT2D eigenvalue weighted by molar-refractivity contribution is 0.419. The van der Waals surface area contributed by atoms with Crippen LogP contribution in [0.3, 0.4) is 0 Å². The quantitative estimate of drug-likeness (QED) is 0.530. The zero-order valence-corrected chi connectivity index (χ0v) is 17.5. The Kier molecular flexibility index (Phi) is 6.88. The first-order valence-corrected chi connectivity index (χ1v) is 9.80. The zero-order chi connectivity index (χ0) is 20.1. The largest absolute Gasteiger partial charge is 0.344 e. The fourth-order valence-corrected chi connectivity index (χ4v) is 3.43. The average Bonchev–Trinajstić information content (AvgIpc) is 3.07. The molecule has 3 rings (SSSR count). The highest BCUT2D eigenvalue weighted by Gasteiger charge is 2.15. The Morgan fingerprint density at radius 2 is 2.04 bits per heavy atom. The van der Waals surface area contributed by atoms with Gasteiger partial charge in [0.25, 0.3) is 0 Å². The van der Waals surface area contributed by atoms with Crippen molar-refractivity contribution in [3.8, 4) is 0 Å². The third-order valence-corrected chi connectivity index (χ3v) is 5.53. The van der Waals surface area contributed by atoms with E-state index >= 15 is 0 Å². The number of aryl methyl sites for hydroxylation is 1. The maximum atomic E-state index is 13.5. The van der Waals surface area contributed by atoms with Gasteiger partial charge in [0.2, 0.25) is 0 Å². The summed E-state index contributed by atoms with van der Waals surface area (Å²) >= 11 is 18.1. The van der Waals surface area contributed by atoms with Crippen molar-refractivity contribution in [2.24, 2.45) is 7.05 Å². The number of rotatable bonds is 6. The van der Waals surface area contributed by atoms with Crippen LogP contribution in [0.5, 0.6) is 0 Å². The topological polar surface area (TPSA) is 33.1 Å². The maximum Gasteiger partial charge on any atom is 0.173 e. The normalized spacial score (nSPS) is 10.7. The third-order valence-electron chi connectivity index (χ3n) is 4.31. The van der Waals surface area contributed by atoms with Gasteiger partial charge in [0.15, 0.2) is 5.11 Å². The molecule has 28 heavy (non-hydrogen) atoms. The molecule has 0 aliphatic rings. The van der Waals surface area contributed by atoms with E-state index in [0.717, 1.165) is 17.7 Å². The summed E-state index contributed by atoms with van der Waals surface area (Å²) in [5.41, 5.74) is 2.53. The predicted octanol–water partition coefficient (Wildman–Crippen LogP) is 5.31. The molecular formula is C20H19Cl2FN4S. The molecule has 0 bridgehead atoms. The number of nitrogens with one attached hydrogen (secondary N) is 1. The van der Waals surface area contributed by atoms with E-state index < -0.39 is 0 Å². The molecule has 146 valence electrons. The van der Waals surface area contributed by atoms with Crippen LogP contribution >= 0.6 is 35.4 Å². The van der Waals surface area contributed by atoms with Crippen LogP contribution in [0, 0.1) is 5.82 Å². The van der Waals surface area contributed by atoms with E-state index in [0.29, 0.717) is 33.9 Å². The average molecular weight is 437 g/mol. The molecular weight excluding hydrogens is 418 g/mol. The first-order chi connectivity index (χ1) is 13.4. The highest BCUT2D eigenvalue weighted by Crippen LogP contribution is 2.27. The number of thiocarbonyl (C=S) groups is 1. The molecule has 0 atom stereocenters. The molecule has 0 aliphatic heterocycles. The number of hydrogen-bond acceptors (Lipinski definition) is 2. The summed E-state index contributed by atoms with van der Waals surface area (Å²) in [5, 5.41) is 4.57. The van der Waals surface area contributed by atoms with Crippen LogP contribution in [0.2, 0.25) is 10.0 Å². The molecule has 4 nitrogen and oxygen atoms in total. The van der Waals surface area contributed by atoms with Crippen molar-refractivity contribution in [2.45, 2.75) is 13.0 Å². The molecule has 3 aromatic rings. The molecule has 0 saturated carbocycles. The Bertz CT molecular complexity index is 976. The van der Waals surface area contributed by atoms with Gasteiger partial charge in [-0.05, 0) is 42.0 Å². The Hall–Kier alpha value is -2.15. The van der Waals surface area contributed by atoms with Crippen LogP contribution < -0.4 is 5.32 Å². The lowest BCUT2D eigenvalue weighted by Crippen LogP contribution is -2.36. The minimum atomic E-state index is -0.327. The highest BCUT2D eigenvalue weighted by atomic mass is 35.5. The molecule has 0 aliphatic carbocycles. The summed E-state index contributed by atoms with van der Waals surface area (Å²) in [6, 6.07) is 11.7. The molecule has 0 unspecified atom stereocenters. The van der Waals surface area contributed by atoms with Crippen LogP contribution in [0.25, 0.3) is 0 Å². The Morgan fingerprint density at radius 1 is 1.25 bits per heavy atom. The molecule has 0 amide bonds. The maximum absolute atomic E-state index is 13.5. The zero-order valence-electron chi connectivity index (χ0n) is 15.2. The second-order valence-corrected chi connectivity index (χ2v) is 7.49. The second-order valence-electron chi connectivity index (χ2n) is 6.32. The summed E-state index contributed by atoms with van der Waals surface area (Å²) in [6.45, 7) is 1.10. The van der Waals surface area contributed by atoms with Gasteiger partial charge in [0.05, 0.1) is 16.4 Å². The number of benzene rings is 2. The lowest BCUT2D eigenvalue weighted by atomic mass is 10.2. The van der Waals surface area contributed by atoms with Crippen molar-refractivity contribution in [3.63, 3.8) is 0 Å². The van der Waals surface area contributed by atoms with Gasteiger partial charge in [-0.25, -0.2) is 9.37 Å². The number of anilines is 1. The Labute approximate surface area is 178 Å². The number of nitrogens with zero attached hydrogens (tertiary/aromatic N) is 3. The molecule has 1 heterocycles. The molecule has 2 aromatic carbocycles. The van der Waals surface area contributed by atoms with Gasteiger partial charge >= 0.3 is 0 Å². The van der Waals surface area contributed by atoms with E-state index in [2.05, 4.69) is 10.3 Å². The molecule has 1 N–H and O–H groups in total. The highest BCUT2D eigenvalue weighted by molar-refractivity contribution is 7.80. The van der Waals surface area contributed by atoms with Gasteiger partial charge in [-0.3, -0.25) is 0 Å². The number of halogens is 3. The Morgan fingerprint density at radius 3 is 2.75 bits per heavy atom. The van der Waals surface area contributed by atoms with Crippen LogP contribution in [-0.4, -0.2) is 26.1 Å². The lowest BCUT2D eigenvalue weighted by Gasteiger charge is -2.26. The molecule has 0 fully saturated rings. The van der Waals surface area contributed by atoms with Crippen LogP contribution in [-0.2, 0) is 20.0 Å². The number of aromatic nitrogens is 2. The van der Waals surface area contributed by atoms with Crippen LogP contribution in [0.15, 0.2) is 55.0 Å². The summed E-state index contributed by atoms with van der Waals surface area (Å²) in [7, 11) is 1.95. The van der Waals surface area contributed by atoms with E-state index in [4.69, 9.17) is 35.4 Å². The molecule has 1 aromatic heterocycles. The summed E-state index contributed by atoms with van der Waals surface area (Å²) in [6.07, 6.45) is 4.32. The van der Waals surface area contributed by atoms with E-state index in [9.17, 15) is 4.39 Å². The van der Waals surface area contributed by atoms with Crippen LogP contribution in [0.4, 0.5) is 10.1 Å². The van der Waals surface area contributed by atoms with Crippen LogP contribution in [0.1, 0.15) is 11.3 Å². The van der Waals surface area contributed by atoms with E-state index in [1.807, 2.05) is 34.8 Å². The molecule has 0 saturated heterocycles. The monoisotopic (exact) mass is 436 g/mol. The summed E-state index contributed by atoms with van der Waals surface area (Å²) in [4.78, 5) is 6.12. The standard InChI is InChI=1S/C20H19Cl2FN4S/c1-26-13-24-11-17(26)8-9-27(12-14-4-2-7-18(21)19(14)22)20(28)25-16-6-3-5-15(23)10-16/h2-7,10-11,13H,8-9,12H2,1H3,(H,25,28). The van der Waals surface area contributed by atoms with Gasteiger partial charge in [-0.15, -0.1) is 0 Å². The number of imidazole rings is 1. The van der Waals surface area contributed by atoms with Crippen molar-refractivity contribution in [1.29, 1.82) is 0 Å². The van der Waals surface area contributed by atoms with Crippen molar-refractivity contribution in [1.82, 2.24) is 14.5 Å². The van der Waals surface area contributed by atoms with Crippen molar-refractivity contribution >= 4 is 46.2 Å². The van der Waals surface area contributed by atoms with Crippen molar-refractivity contribution in [3.05, 3.63) is 82.1 Å². The third kappa shape index (κ3) is 5.22.